The zero-order valence-corrected chi connectivity index (χ0v) is 16.3. The fourth-order valence-corrected chi connectivity index (χ4v) is 4.01. The minimum atomic E-state index is -0.367. The second-order valence-corrected chi connectivity index (χ2v) is 7.50. The van der Waals surface area contributed by atoms with Gasteiger partial charge in [0.15, 0.2) is 4.80 Å². The van der Waals surface area contributed by atoms with E-state index in [1.807, 2.05) is 25.1 Å². The Morgan fingerprint density at radius 2 is 2.00 bits per heavy atom. The molecular formula is C18H22N2O3S2. The molecule has 0 aliphatic carbocycles. The largest absolute Gasteiger partial charge is 0.462 e. The number of ether oxygens (including phenoxy) is 1. The molecule has 2 rings (SSSR count). The van der Waals surface area contributed by atoms with Crippen molar-refractivity contribution in [2.45, 2.75) is 31.6 Å². The molecule has 7 heteroatoms. The summed E-state index contributed by atoms with van der Waals surface area (Å²) in [6, 6.07) is 10.1. The van der Waals surface area contributed by atoms with Crippen LogP contribution in [0.2, 0.25) is 0 Å². The van der Waals surface area contributed by atoms with Gasteiger partial charge in [0, 0.05) is 24.1 Å². The molecule has 1 aromatic heterocycles. The van der Waals surface area contributed by atoms with Gasteiger partial charge in [0.2, 0.25) is 5.91 Å². The summed E-state index contributed by atoms with van der Waals surface area (Å²) in [5.41, 5.74) is 0.759. The van der Waals surface area contributed by atoms with Gasteiger partial charge in [0.25, 0.3) is 0 Å². The third-order valence-electron chi connectivity index (χ3n) is 3.54. The van der Waals surface area contributed by atoms with Crippen molar-refractivity contribution in [2.24, 2.45) is 12.0 Å². The Morgan fingerprint density at radius 3 is 2.68 bits per heavy atom. The Labute approximate surface area is 155 Å². The molecule has 0 aliphatic heterocycles. The standard InChI is InChI=1S/C18H22N2O3S2/c1-4-23-17(22)16-13(2)20(3)18(25-16)19-15(21)11-8-12-24-14-9-6-5-7-10-14/h5-7,9-10H,4,8,11-12H2,1-3H3. The molecule has 134 valence electrons. The molecule has 1 aromatic carbocycles. The van der Waals surface area contributed by atoms with Crippen LogP contribution in [0.4, 0.5) is 0 Å². The molecule has 0 atom stereocenters. The van der Waals surface area contributed by atoms with Crippen LogP contribution in [0.25, 0.3) is 0 Å². The van der Waals surface area contributed by atoms with Crippen molar-refractivity contribution in [2.75, 3.05) is 12.4 Å². The molecule has 0 N–H and O–H groups in total. The highest BCUT2D eigenvalue weighted by Gasteiger charge is 2.16. The average Bonchev–Trinajstić information content (AvgIpc) is 2.88. The summed E-state index contributed by atoms with van der Waals surface area (Å²) >= 11 is 2.92. The maximum Gasteiger partial charge on any atom is 0.350 e. The van der Waals surface area contributed by atoms with Gasteiger partial charge < -0.3 is 9.30 Å². The van der Waals surface area contributed by atoms with Gasteiger partial charge in [-0.05, 0) is 38.2 Å². The van der Waals surface area contributed by atoms with Gasteiger partial charge in [0.05, 0.1) is 6.61 Å². The van der Waals surface area contributed by atoms with Crippen molar-refractivity contribution in [3.63, 3.8) is 0 Å². The fourth-order valence-electron chi connectivity index (χ4n) is 2.11. The molecule has 0 aliphatic rings. The molecule has 1 amide bonds. The second kappa shape index (κ2) is 9.58. The van der Waals surface area contributed by atoms with E-state index in [4.69, 9.17) is 4.74 Å². The number of aromatic nitrogens is 1. The third-order valence-corrected chi connectivity index (χ3v) is 5.85. The number of hydrogen-bond donors (Lipinski definition) is 0. The first-order chi connectivity index (χ1) is 12.0. The predicted molar refractivity (Wildman–Crippen MR) is 101 cm³/mol. The van der Waals surface area contributed by atoms with Gasteiger partial charge in [-0.1, -0.05) is 29.5 Å². The zero-order valence-electron chi connectivity index (χ0n) is 14.7. The van der Waals surface area contributed by atoms with E-state index in [2.05, 4.69) is 17.1 Å². The van der Waals surface area contributed by atoms with E-state index >= 15 is 0 Å². The van der Waals surface area contributed by atoms with Gasteiger partial charge in [0.1, 0.15) is 4.88 Å². The topological polar surface area (TPSA) is 60.7 Å². The predicted octanol–water partition coefficient (Wildman–Crippen LogP) is 3.57. The summed E-state index contributed by atoms with van der Waals surface area (Å²) in [5.74, 6) is 0.337. The van der Waals surface area contributed by atoms with E-state index in [1.165, 1.54) is 16.2 Å². The number of benzene rings is 1. The van der Waals surface area contributed by atoms with Crippen LogP contribution in [0.15, 0.2) is 40.2 Å². The van der Waals surface area contributed by atoms with Crippen molar-refractivity contribution < 1.29 is 14.3 Å². The Kier molecular flexibility index (Phi) is 7.46. The average molecular weight is 379 g/mol. The van der Waals surface area contributed by atoms with Crippen molar-refractivity contribution in [3.05, 3.63) is 45.7 Å². The Morgan fingerprint density at radius 1 is 1.28 bits per heavy atom. The van der Waals surface area contributed by atoms with E-state index in [9.17, 15) is 9.59 Å². The van der Waals surface area contributed by atoms with Crippen LogP contribution < -0.4 is 4.80 Å². The number of thioether (sulfide) groups is 1. The molecule has 0 unspecified atom stereocenters. The SMILES string of the molecule is CCOC(=O)c1sc(=NC(=O)CCCSc2ccccc2)n(C)c1C. The molecule has 5 nitrogen and oxygen atoms in total. The number of amides is 1. The highest BCUT2D eigenvalue weighted by atomic mass is 32.2. The van der Waals surface area contributed by atoms with E-state index in [0.717, 1.165) is 17.9 Å². The molecule has 0 saturated carbocycles. The van der Waals surface area contributed by atoms with Crippen LogP contribution in [0.1, 0.15) is 35.1 Å². The first kappa shape index (κ1) is 19.5. The number of carbonyl (C=O) groups excluding carboxylic acids is 2. The molecule has 2 aromatic rings. The molecule has 0 fully saturated rings. The molecule has 0 spiro atoms. The number of carbonyl (C=O) groups is 2. The van der Waals surface area contributed by atoms with Crippen LogP contribution in [0, 0.1) is 6.92 Å². The number of esters is 1. The van der Waals surface area contributed by atoms with Crippen molar-refractivity contribution in [1.82, 2.24) is 4.57 Å². The minimum absolute atomic E-state index is 0.166. The van der Waals surface area contributed by atoms with Crippen molar-refractivity contribution in [3.8, 4) is 0 Å². The monoisotopic (exact) mass is 378 g/mol. The summed E-state index contributed by atoms with van der Waals surface area (Å²) in [6.45, 7) is 3.91. The first-order valence-electron chi connectivity index (χ1n) is 8.12. The maximum absolute atomic E-state index is 12.1. The van der Waals surface area contributed by atoms with Crippen LogP contribution in [-0.2, 0) is 16.6 Å². The lowest BCUT2D eigenvalue weighted by atomic mass is 10.3. The normalized spacial score (nSPS) is 11.6. The number of nitrogens with zero attached hydrogens (tertiary/aromatic N) is 2. The lowest BCUT2D eigenvalue weighted by Crippen LogP contribution is -2.14. The van der Waals surface area contributed by atoms with Crippen LogP contribution in [0.5, 0.6) is 0 Å². The minimum Gasteiger partial charge on any atom is -0.462 e. The zero-order chi connectivity index (χ0) is 18.2. The van der Waals surface area contributed by atoms with E-state index in [-0.39, 0.29) is 11.9 Å². The molecular weight excluding hydrogens is 356 g/mol. The Balaban J connectivity index is 1.94. The lowest BCUT2D eigenvalue weighted by Gasteiger charge is -2.00. The quantitative estimate of drug-likeness (QED) is 0.420. The third kappa shape index (κ3) is 5.57. The molecule has 25 heavy (non-hydrogen) atoms. The van der Waals surface area contributed by atoms with Crippen molar-refractivity contribution >= 4 is 35.0 Å². The van der Waals surface area contributed by atoms with E-state index in [1.54, 1.807) is 30.3 Å². The van der Waals surface area contributed by atoms with Crippen LogP contribution in [-0.4, -0.2) is 28.8 Å². The molecule has 0 radical (unpaired) electrons. The summed E-state index contributed by atoms with van der Waals surface area (Å²) in [4.78, 5) is 30.4. The summed E-state index contributed by atoms with van der Waals surface area (Å²) in [5, 5.41) is 0. The van der Waals surface area contributed by atoms with E-state index < -0.39 is 0 Å². The fraction of sp³-hybridized carbons (Fsp3) is 0.389. The van der Waals surface area contributed by atoms with Gasteiger partial charge in [-0.3, -0.25) is 4.79 Å². The number of rotatable bonds is 7. The Bertz CT molecular complexity index is 794. The van der Waals surface area contributed by atoms with Crippen molar-refractivity contribution in [1.29, 1.82) is 0 Å². The summed E-state index contributed by atoms with van der Waals surface area (Å²) in [7, 11) is 1.80. The molecule has 1 heterocycles. The molecule has 0 saturated heterocycles. The van der Waals surface area contributed by atoms with Crippen LogP contribution >= 0.6 is 23.1 Å². The number of hydrogen-bond acceptors (Lipinski definition) is 5. The highest BCUT2D eigenvalue weighted by Crippen LogP contribution is 2.18. The van der Waals surface area contributed by atoms with Gasteiger partial charge in [-0.15, -0.1) is 11.8 Å². The van der Waals surface area contributed by atoms with Crippen LogP contribution in [0.3, 0.4) is 0 Å². The molecule has 0 bridgehead atoms. The first-order valence-corrected chi connectivity index (χ1v) is 9.92. The maximum atomic E-state index is 12.1. The lowest BCUT2D eigenvalue weighted by molar-refractivity contribution is -0.118. The van der Waals surface area contributed by atoms with Gasteiger partial charge in [-0.25, -0.2) is 4.79 Å². The van der Waals surface area contributed by atoms with Gasteiger partial charge in [-0.2, -0.15) is 4.99 Å². The second-order valence-electron chi connectivity index (χ2n) is 5.35. The Hall–Kier alpha value is -1.86. The summed E-state index contributed by atoms with van der Waals surface area (Å²) < 4.78 is 6.79. The number of thiazole rings is 1. The van der Waals surface area contributed by atoms with E-state index in [0.29, 0.717) is 22.7 Å². The highest BCUT2D eigenvalue weighted by molar-refractivity contribution is 7.99. The smallest absolute Gasteiger partial charge is 0.350 e. The summed E-state index contributed by atoms with van der Waals surface area (Å²) in [6.07, 6.45) is 1.16. The van der Waals surface area contributed by atoms with Gasteiger partial charge >= 0.3 is 5.97 Å².